The maximum atomic E-state index is 12.5. The summed E-state index contributed by atoms with van der Waals surface area (Å²) in [6.45, 7) is 9.39. The van der Waals surface area contributed by atoms with E-state index in [0.29, 0.717) is 5.92 Å². The first-order chi connectivity index (χ1) is 10.6. The van der Waals surface area contributed by atoms with Crippen LogP contribution in [0.2, 0.25) is 0 Å². The predicted octanol–water partition coefficient (Wildman–Crippen LogP) is 2.47. The van der Waals surface area contributed by atoms with E-state index in [9.17, 15) is 4.79 Å². The van der Waals surface area contributed by atoms with Crippen LogP contribution in [-0.2, 0) is 4.79 Å². The highest BCUT2D eigenvalue weighted by atomic mass is 16.2. The summed E-state index contributed by atoms with van der Waals surface area (Å²) < 4.78 is 0. The Balaban J connectivity index is 1.77. The van der Waals surface area contributed by atoms with Crippen LogP contribution in [0.5, 0.6) is 0 Å². The molecule has 128 valence electrons. The van der Waals surface area contributed by atoms with E-state index in [1.54, 1.807) is 0 Å². The van der Waals surface area contributed by atoms with Crippen LogP contribution < -0.4 is 5.73 Å². The molecule has 1 atom stereocenters. The molecular weight excluding hydrogens is 274 g/mol. The minimum Gasteiger partial charge on any atom is -0.340 e. The van der Waals surface area contributed by atoms with Gasteiger partial charge in [0.2, 0.25) is 5.91 Å². The molecule has 2 aliphatic rings. The molecule has 2 fully saturated rings. The van der Waals surface area contributed by atoms with Crippen molar-refractivity contribution in [3.8, 4) is 0 Å². The van der Waals surface area contributed by atoms with Gasteiger partial charge < -0.3 is 15.5 Å². The molecular formula is C18H35N3O. The van der Waals surface area contributed by atoms with E-state index >= 15 is 0 Å². The van der Waals surface area contributed by atoms with Gasteiger partial charge >= 0.3 is 0 Å². The molecule has 22 heavy (non-hydrogen) atoms. The van der Waals surface area contributed by atoms with Crippen LogP contribution in [0.15, 0.2) is 0 Å². The fourth-order valence-corrected chi connectivity index (χ4v) is 3.95. The van der Waals surface area contributed by atoms with Gasteiger partial charge in [-0.25, -0.2) is 0 Å². The van der Waals surface area contributed by atoms with Gasteiger partial charge in [-0.3, -0.25) is 4.79 Å². The quantitative estimate of drug-likeness (QED) is 0.849. The number of amides is 1. The molecule has 0 radical (unpaired) electrons. The van der Waals surface area contributed by atoms with E-state index in [-0.39, 0.29) is 11.9 Å². The topological polar surface area (TPSA) is 49.6 Å². The van der Waals surface area contributed by atoms with Gasteiger partial charge in [-0.15, -0.1) is 0 Å². The first-order valence-corrected chi connectivity index (χ1v) is 9.33. The highest BCUT2D eigenvalue weighted by Crippen LogP contribution is 2.24. The number of nitrogens with zero attached hydrogens (tertiary/aromatic N) is 2. The number of rotatable bonds is 5. The van der Waals surface area contributed by atoms with E-state index in [2.05, 4.69) is 18.7 Å². The maximum absolute atomic E-state index is 12.5. The van der Waals surface area contributed by atoms with Crippen molar-refractivity contribution in [1.29, 1.82) is 0 Å². The monoisotopic (exact) mass is 309 g/mol. The van der Waals surface area contributed by atoms with Crippen LogP contribution in [0, 0.1) is 11.8 Å². The van der Waals surface area contributed by atoms with Gasteiger partial charge in [-0.1, -0.05) is 33.1 Å². The molecule has 0 aromatic heterocycles. The molecule has 2 rings (SSSR count). The molecule has 1 amide bonds. The van der Waals surface area contributed by atoms with Crippen LogP contribution in [-0.4, -0.2) is 54.5 Å². The average molecular weight is 309 g/mol. The second-order valence-electron chi connectivity index (χ2n) is 7.72. The van der Waals surface area contributed by atoms with Crippen LogP contribution in [0.25, 0.3) is 0 Å². The zero-order valence-corrected chi connectivity index (χ0v) is 14.6. The highest BCUT2D eigenvalue weighted by molar-refractivity contribution is 5.81. The van der Waals surface area contributed by atoms with Crippen molar-refractivity contribution < 1.29 is 4.79 Å². The highest BCUT2D eigenvalue weighted by Gasteiger charge is 2.25. The van der Waals surface area contributed by atoms with Gasteiger partial charge in [0.15, 0.2) is 0 Å². The van der Waals surface area contributed by atoms with E-state index < -0.39 is 0 Å². The van der Waals surface area contributed by atoms with E-state index in [1.807, 2.05) is 4.90 Å². The fourth-order valence-electron chi connectivity index (χ4n) is 3.95. The van der Waals surface area contributed by atoms with E-state index in [4.69, 9.17) is 5.73 Å². The molecule has 0 bridgehead atoms. The Hall–Kier alpha value is -0.610. The molecule has 2 N–H and O–H groups in total. The Kier molecular flexibility index (Phi) is 7.16. The number of nitrogens with two attached hydrogens (primary N) is 1. The SMILES string of the molecule is CC(C)C[C@H](N)C(=O)N1CCCN(CC2CCCCC2)CC1. The van der Waals surface area contributed by atoms with E-state index in [0.717, 1.165) is 44.9 Å². The molecule has 0 spiro atoms. The van der Waals surface area contributed by atoms with Crippen molar-refractivity contribution in [1.82, 2.24) is 9.80 Å². The molecule has 1 aliphatic heterocycles. The summed E-state index contributed by atoms with van der Waals surface area (Å²) in [6, 6.07) is -0.315. The summed E-state index contributed by atoms with van der Waals surface area (Å²) in [5, 5.41) is 0. The standard InChI is InChI=1S/C18H35N3O/c1-15(2)13-17(19)18(22)21-10-6-9-20(11-12-21)14-16-7-4-3-5-8-16/h15-17H,3-14,19H2,1-2H3/t17-/m0/s1. The number of carbonyl (C=O) groups excluding carboxylic acids is 1. The van der Waals surface area contributed by atoms with Crippen molar-refractivity contribution in [2.45, 2.75) is 64.8 Å². The molecule has 1 saturated heterocycles. The smallest absolute Gasteiger partial charge is 0.239 e. The summed E-state index contributed by atoms with van der Waals surface area (Å²) in [7, 11) is 0. The minimum absolute atomic E-state index is 0.160. The number of hydrogen-bond acceptors (Lipinski definition) is 3. The van der Waals surface area contributed by atoms with Crippen LogP contribution >= 0.6 is 0 Å². The zero-order valence-electron chi connectivity index (χ0n) is 14.6. The Morgan fingerprint density at radius 1 is 1.05 bits per heavy atom. The third-order valence-corrected chi connectivity index (χ3v) is 5.18. The van der Waals surface area contributed by atoms with Gasteiger partial charge in [0.1, 0.15) is 0 Å². The second-order valence-corrected chi connectivity index (χ2v) is 7.72. The van der Waals surface area contributed by atoms with Crippen LogP contribution in [0.1, 0.15) is 58.8 Å². The molecule has 0 aromatic carbocycles. The van der Waals surface area contributed by atoms with Gasteiger partial charge in [-0.2, -0.15) is 0 Å². The van der Waals surface area contributed by atoms with E-state index in [1.165, 1.54) is 38.6 Å². The first kappa shape index (κ1) is 17.7. The number of hydrogen-bond donors (Lipinski definition) is 1. The lowest BCUT2D eigenvalue weighted by Crippen LogP contribution is -2.46. The molecule has 1 heterocycles. The molecule has 0 unspecified atom stereocenters. The fraction of sp³-hybridized carbons (Fsp3) is 0.944. The van der Waals surface area contributed by atoms with Crippen molar-refractivity contribution in [2.24, 2.45) is 17.6 Å². The lowest BCUT2D eigenvalue weighted by Gasteiger charge is -2.29. The summed E-state index contributed by atoms with van der Waals surface area (Å²) in [4.78, 5) is 17.1. The summed E-state index contributed by atoms with van der Waals surface area (Å²) >= 11 is 0. The first-order valence-electron chi connectivity index (χ1n) is 9.33. The number of carbonyl (C=O) groups is 1. The normalized spacial score (nSPS) is 23.5. The molecule has 4 nitrogen and oxygen atoms in total. The Morgan fingerprint density at radius 3 is 2.45 bits per heavy atom. The third-order valence-electron chi connectivity index (χ3n) is 5.18. The third kappa shape index (κ3) is 5.54. The van der Waals surface area contributed by atoms with Crippen LogP contribution in [0.4, 0.5) is 0 Å². The predicted molar refractivity (Wildman–Crippen MR) is 91.6 cm³/mol. The van der Waals surface area contributed by atoms with Gasteiger partial charge in [-0.05, 0) is 44.1 Å². The lowest BCUT2D eigenvalue weighted by atomic mass is 9.89. The maximum Gasteiger partial charge on any atom is 0.239 e. The summed E-state index contributed by atoms with van der Waals surface area (Å²) in [5.41, 5.74) is 6.08. The van der Waals surface area contributed by atoms with Crippen molar-refractivity contribution >= 4 is 5.91 Å². The van der Waals surface area contributed by atoms with Crippen molar-refractivity contribution in [3.63, 3.8) is 0 Å². The Bertz CT molecular complexity index is 339. The Labute approximate surface area is 136 Å². The lowest BCUT2D eigenvalue weighted by molar-refractivity contribution is -0.132. The summed E-state index contributed by atoms with van der Waals surface area (Å²) in [5.74, 6) is 1.53. The summed E-state index contributed by atoms with van der Waals surface area (Å²) in [6.07, 6.45) is 8.93. The zero-order chi connectivity index (χ0) is 15.9. The van der Waals surface area contributed by atoms with Crippen molar-refractivity contribution in [2.75, 3.05) is 32.7 Å². The minimum atomic E-state index is -0.315. The second kappa shape index (κ2) is 8.88. The largest absolute Gasteiger partial charge is 0.340 e. The van der Waals surface area contributed by atoms with Gasteiger partial charge in [0.05, 0.1) is 6.04 Å². The molecule has 0 aromatic rings. The molecule has 4 heteroatoms. The van der Waals surface area contributed by atoms with Crippen LogP contribution in [0.3, 0.4) is 0 Å². The average Bonchev–Trinajstić information content (AvgIpc) is 2.72. The van der Waals surface area contributed by atoms with Gasteiger partial charge in [0, 0.05) is 26.2 Å². The Morgan fingerprint density at radius 2 is 1.77 bits per heavy atom. The van der Waals surface area contributed by atoms with Crippen molar-refractivity contribution in [3.05, 3.63) is 0 Å². The molecule has 1 aliphatic carbocycles. The molecule has 1 saturated carbocycles. The van der Waals surface area contributed by atoms with Gasteiger partial charge in [0.25, 0.3) is 0 Å².